The summed E-state index contributed by atoms with van der Waals surface area (Å²) in [6.45, 7) is 11.1. The first-order valence-electron chi connectivity index (χ1n) is 7.59. The Morgan fingerprint density at radius 1 is 1.37 bits per heavy atom. The molecule has 1 saturated heterocycles. The molecule has 0 aromatic carbocycles. The zero-order valence-electron chi connectivity index (χ0n) is 12.7. The Kier molecular flexibility index (Phi) is 4.46. The fraction of sp³-hybridized carbons (Fsp3) is 0.688. The van der Waals surface area contributed by atoms with Crippen LogP contribution in [-0.2, 0) is 0 Å². The molecule has 19 heavy (non-hydrogen) atoms. The third-order valence-corrected chi connectivity index (χ3v) is 4.74. The summed E-state index contributed by atoms with van der Waals surface area (Å²) in [5.41, 5.74) is 2.71. The zero-order chi connectivity index (χ0) is 13.9. The molecule has 3 heteroatoms. The van der Waals surface area contributed by atoms with Crippen molar-refractivity contribution in [3.8, 4) is 0 Å². The van der Waals surface area contributed by atoms with Crippen LogP contribution in [0.25, 0.3) is 0 Å². The Morgan fingerprint density at radius 2 is 2.11 bits per heavy atom. The SMILES string of the molecule is CCC1CNC(CC)(CC)CN1c1cccnc1C. The van der Waals surface area contributed by atoms with Crippen LogP contribution in [0.2, 0.25) is 0 Å². The molecule has 2 heterocycles. The first kappa shape index (κ1) is 14.3. The molecule has 0 amide bonds. The highest BCUT2D eigenvalue weighted by molar-refractivity contribution is 5.52. The third-order valence-electron chi connectivity index (χ3n) is 4.74. The average molecular weight is 261 g/mol. The second kappa shape index (κ2) is 5.91. The number of anilines is 1. The summed E-state index contributed by atoms with van der Waals surface area (Å²) >= 11 is 0. The molecule has 1 atom stereocenters. The molecule has 106 valence electrons. The van der Waals surface area contributed by atoms with Crippen molar-refractivity contribution in [1.29, 1.82) is 0 Å². The second-order valence-electron chi connectivity index (χ2n) is 5.67. The Balaban J connectivity index is 2.31. The Hall–Kier alpha value is -1.09. The van der Waals surface area contributed by atoms with Crippen LogP contribution >= 0.6 is 0 Å². The van der Waals surface area contributed by atoms with Crippen LogP contribution in [0.5, 0.6) is 0 Å². The number of hydrogen-bond donors (Lipinski definition) is 1. The molecule has 0 bridgehead atoms. The van der Waals surface area contributed by atoms with E-state index in [2.05, 4.69) is 55.0 Å². The van der Waals surface area contributed by atoms with Gasteiger partial charge in [0.1, 0.15) is 0 Å². The molecule has 2 rings (SSSR count). The summed E-state index contributed by atoms with van der Waals surface area (Å²) in [7, 11) is 0. The molecule has 3 nitrogen and oxygen atoms in total. The van der Waals surface area contributed by atoms with Crippen molar-refractivity contribution < 1.29 is 0 Å². The maximum Gasteiger partial charge on any atom is 0.0605 e. The van der Waals surface area contributed by atoms with Crippen LogP contribution in [0.4, 0.5) is 5.69 Å². The second-order valence-corrected chi connectivity index (χ2v) is 5.67. The van der Waals surface area contributed by atoms with Crippen molar-refractivity contribution in [3.63, 3.8) is 0 Å². The van der Waals surface area contributed by atoms with Gasteiger partial charge in [0, 0.05) is 30.9 Å². The first-order valence-corrected chi connectivity index (χ1v) is 7.59. The Morgan fingerprint density at radius 3 is 2.68 bits per heavy atom. The number of aryl methyl sites for hydroxylation is 1. The van der Waals surface area contributed by atoms with Crippen molar-refractivity contribution in [3.05, 3.63) is 24.0 Å². The predicted molar refractivity (Wildman–Crippen MR) is 81.7 cm³/mol. The van der Waals surface area contributed by atoms with E-state index in [1.165, 1.54) is 24.9 Å². The molecule has 1 aliphatic heterocycles. The quantitative estimate of drug-likeness (QED) is 0.902. The van der Waals surface area contributed by atoms with Gasteiger partial charge in [-0.3, -0.25) is 4.98 Å². The van der Waals surface area contributed by atoms with Crippen molar-refractivity contribution in [1.82, 2.24) is 10.3 Å². The molecule has 1 fully saturated rings. The lowest BCUT2D eigenvalue weighted by Crippen LogP contribution is -2.64. The summed E-state index contributed by atoms with van der Waals surface area (Å²) in [6.07, 6.45) is 5.41. The van der Waals surface area contributed by atoms with Gasteiger partial charge in [-0.05, 0) is 38.3 Å². The van der Waals surface area contributed by atoms with Gasteiger partial charge in [0.05, 0.1) is 11.4 Å². The van der Waals surface area contributed by atoms with Gasteiger partial charge in [-0.1, -0.05) is 20.8 Å². The van der Waals surface area contributed by atoms with Crippen LogP contribution in [0.3, 0.4) is 0 Å². The number of hydrogen-bond acceptors (Lipinski definition) is 3. The molecule has 0 aliphatic carbocycles. The lowest BCUT2D eigenvalue weighted by atomic mass is 9.87. The summed E-state index contributed by atoms with van der Waals surface area (Å²) in [4.78, 5) is 7.04. The molecule has 0 spiro atoms. The minimum atomic E-state index is 0.258. The molecule has 1 unspecified atom stereocenters. The van der Waals surface area contributed by atoms with Gasteiger partial charge in [0.25, 0.3) is 0 Å². The third kappa shape index (κ3) is 2.76. The van der Waals surface area contributed by atoms with Crippen molar-refractivity contribution in [2.75, 3.05) is 18.0 Å². The zero-order valence-corrected chi connectivity index (χ0v) is 12.7. The Bertz CT molecular complexity index is 412. The fourth-order valence-electron chi connectivity index (χ4n) is 3.11. The molecule has 1 aromatic heterocycles. The van der Waals surface area contributed by atoms with E-state index in [9.17, 15) is 0 Å². The maximum atomic E-state index is 4.46. The number of piperazine rings is 1. The van der Waals surface area contributed by atoms with E-state index in [1.807, 2.05) is 6.20 Å². The minimum Gasteiger partial charge on any atom is -0.364 e. The Labute approximate surface area is 117 Å². The lowest BCUT2D eigenvalue weighted by molar-refractivity contribution is 0.246. The van der Waals surface area contributed by atoms with E-state index < -0.39 is 0 Å². The number of rotatable bonds is 4. The van der Waals surface area contributed by atoms with Crippen molar-refractivity contribution in [2.24, 2.45) is 0 Å². The minimum absolute atomic E-state index is 0.258. The topological polar surface area (TPSA) is 28.2 Å². The van der Waals surface area contributed by atoms with Crippen LogP contribution in [0, 0.1) is 6.92 Å². The van der Waals surface area contributed by atoms with E-state index in [1.54, 1.807) is 0 Å². The van der Waals surface area contributed by atoms with Gasteiger partial charge < -0.3 is 10.2 Å². The highest BCUT2D eigenvalue weighted by atomic mass is 15.3. The van der Waals surface area contributed by atoms with Crippen LogP contribution in [0.1, 0.15) is 45.7 Å². The first-order chi connectivity index (χ1) is 9.15. The van der Waals surface area contributed by atoms with Crippen LogP contribution in [-0.4, -0.2) is 29.7 Å². The van der Waals surface area contributed by atoms with Crippen LogP contribution in [0.15, 0.2) is 18.3 Å². The van der Waals surface area contributed by atoms with Gasteiger partial charge in [0.15, 0.2) is 0 Å². The predicted octanol–water partition coefficient (Wildman–Crippen LogP) is 3.14. The number of nitrogens with zero attached hydrogens (tertiary/aromatic N) is 2. The van der Waals surface area contributed by atoms with Gasteiger partial charge in [0.2, 0.25) is 0 Å². The van der Waals surface area contributed by atoms with E-state index in [4.69, 9.17) is 0 Å². The van der Waals surface area contributed by atoms with Gasteiger partial charge >= 0.3 is 0 Å². The smallest absolute Gasteiger partial charge is 0.0605 e. The molecule has 1 aromatic rings. The van der Waals surface area contributed by atoms with E-state index in [0.29, 0.717) is 6.04 Å². The largest absolute Gasteiger partial charge is 0.364 e. The van der Waals surface area contributed by atoms with Gasteiger partial charge in [-0.2, -0.15) is 0 Å². The van der Waals surface area contributed by atoms with E-state index in [-0.39, 0.29) is 5.54 Å². The number of pyridine rings is 1. The van der Waals surface area contributed by atoms with Crippen LogP contribution < -0.4 is 10.2 Å². The number of aromatic nitrogens is 1. The molecule has 1 aliphatic rings. The van der Waals surface area contributed by atoms with E-state index >= 15 is 0 Å². The standard InChI is InChI=1S/C16H27N3/c1-5-14-11-18-16(6-2,7-3)12-19(14)15-9-8-10-17-13(15)4/h8-10,14,18H,5-7,11-12H2,1-4H3. The fourth-order valence-corrected chi connectivity index (χ4v) is 3.11. The lowest BCUT2D eigenvalue weighted by Gasteiger charge is -2.48. The van der Waals surface area contributed by atoms with Gasteiger partial charge in [-0.15, -0.1) is 0 Å². The summed E-state index contributed by atoms with van der Waals surface area (Å²) in [5.74, 6) is 0. The number of nitrogens with one attached hydrogen (secondary N) is 1. The molecule has 1 N–H and O–H groups in total. The van der Waals surface area contributed by atoms with Gasteiger partial charge in [-0.25, -0.2) is 0 Å². The summed E-state index contributed by atoms with van der Waals surface area (Å²) in [5, 5.41) is 3.79. The highest BCUT2D eigenvalue weighted by Gasteiger charge is 2.36. The molecule has 0 radical (unpaired) electrons. The van der Waals surface area contributed by atoms with Crippen molar-refractivity contribution >= 4 is 5.69 Å². The molecular formula is C16H27N3. The molecule has 0 saturated carbocycles. The average Bonchev–Trinajstić information content (AvgIpc) is 2.47. The van der Waals surface area contributed by atoms with E-state index in [0.717, 1.165) is 18.8 Å². The maximum absolute atomic E-state index is 4.46. The summed E-state index contributed by atoms with van der Waals surface area (Å²) in [6, 6.07) is 4.84. The monoisotopic (exact) mass is 261 g/mol. The molecular weight excluding hydrogens is 234 g/mol. The van der Waals surface area contributed by atoms with Crippen molar-refractivity contribution in [2.45, 2.75) is 58.5 Å². The highest BCUT2D eigenvalue weighted by Crippen LogP contribution is 2.29. The summed E-state index contributed by atoms with van der Waals surface area (Å²) < 4.78 is 0. The normalized spacial score (nSPS) is 22.5.